The van der Waals surface area contributed by atoms with Crippen molar-refractivity contribution in [3.05, 3.63) is 162 Å². The lowest BCUT2D eigenvalue weighted by Gasteiger charge is -2.09. The second-order valence-electron chi connectivity index (χ2n) is 14.4. The highest BCUT2D eigenvalue weighted by Gasteiger charge is 2.20. The van der Waals surface area contributed by atoms with Gasteiger partial charge < -0.3 is 9.97 Å². The lowest BCUT2D eigenvalue weighted by molar-refractivity contribution is 1.31. The Morgan fingerprint density at radius 2 is 0.571 bits per heavy atom. The molecule has 0 fully saturated rings. The predicted molar refractivity (Wildman–Crippen MR) is 240 cm³/mol. The second kappa shape index (κ2) is 14.3. The highest BCUT2D eigenvalue weighted by atomic mass is 35.5. The van der Waals surface area contributed by atoms with Gasteiger partial charge in [-0.1, -0.05) is 94.9 Å². The Hall–Kier alpha value is -5.36. The minimum absolute atomic E-state index is 0.679. The van der Waals surface area contributed by atoms with E-state index >= 15 is 0 Å². The molecular weight excluding hydrogens is 774 g/mol. The quantitative estimate of drug-likeness (QED) is 0.186. The molecule has 5 heterocycles. The Bertz CT molecular complexity index is 2620. The molecule has 9 rings (SSSR count). The van der Waals surface area contributed by atoms with E-state index in [4.69, 9.17) is 56.4 Å². The summed E-state index contributed by atoms with van der Waals surface area (Å²) in [5.41, 5.74) is 18.0. The van der Waals surface area contributed by atoms with E-state index in [1.165, 1.54) is 0 Å². The van der Waals surface area contributed by atoms with E-state index in [2.05, 4.69) is 82.8 Å². The molecule has 3 aromatic heterocycles. The topological polar surface area (TPSA) is 57.4 Å². The fourth-order valence-electron chi connectivity index (χ4n) is 7.41. The Kier molecular flexibility index (Phi) is 9.26. The first-order valence-electron chi connectivity index (χ1n) is 18.2. The van der Waals surface area contributed by atoms with Gasteiger partial charge in [0.05, 0.1) is 22.8 Å². The first-order valence-corrected chi connectivity index (χ1v) is 19.8. The van der Waals surface area contributed by atoms with Crippen LogP contribution < -0.4 is 0 Å². The predicted octanol–water partition coefficient (Wildman–Crippen LogP) is 15.2. The van der Waals surface area contributed by atoms with Crippen LogP contribution in [0.5, 0.6) is 0 Å². The molecule has 0 radical (unpaired) electrons. The third-order valence-electron chi connectivity index (χ3n) is 10.6. The number of benzene rings is 4. The van der Waals surface area contributed by atoms with Gasteiger partial charge >= 0.3 is 0 Å². The van der Waals surface area contributed by atoms with Crippen molar-refractivity contribution in [2.45, 2.75) is 27.7 Å². The average molecular weight is 809 g/mol. The SMILES string of the molecule is Cc1ccc(-c2c3nc(c(-c4ccc(C)c(Cl)c4)c4ccc([nH]4)c(-c4ccc(C)c(Cl)c4)c4nc(c(-c5ccc(C)c(Cl)c5)c5ccc2[nH]5)C=C4)C=C3)cc1Cl. The van der Waals surface area contributed by atoms with Crippen molar-refractivity contribution >= 4 is 92.8 Å². The number of nitrogens with zero attached hydrogens (tertiary/aromatic N) is 2. The first kappa shape index (κ1) is 36.3. The molecule has 8 bridgehead atoms. The van der Waals surface area contributed by atoms with Gasteiger partial charge in [-0.15, -0.1) is 0 Å². The standard InChI is InChI=1S/C48H34Cl4N4/c1-25-5-9-29(21-33(25)49)45-37-13-15-39(53-37)46(30-10-6-26(2)34(50)22-30)41-17-19-43(55-41)48(32-12-8-28(4)36(52)24-32)44-20-18-42(56-44)47(40-16-14-38(45)54-40)31-11-7-27(3)35(51)23-31/h5-24,53,56H,1-4H3. The van der Waals surface area contributed by atoms with Crippen LogP contribution in [0.2, 0.25) is 20.1 Å². The summed E-state index contributed by atoms with van der Waals surface area (Å²) in [7, 11) is 0. The molecule has 2 aliphatic heterocycles. The highest BCUT2D eigenvalue weighted by molar-refractivity contribution is 6.33. The Morgan fingerprint density at radius 1 is 0.339 bits per heavy atom. The van der Waals surface area contributed by atoms with Gasteiger partial charge in [0.2, 0.25) is 0 Å². The molecule has 2 N–H and O–H groups in total. The van der Waals surface area contributed by atoms with Crippen LogP contribution in [-0.2, 0) is 0 Å². The summed E-state index contributed by atoms with van der Waals surface area (Å²) < 4.78 is 0. The van der Waals surface area contributed by atoms with Crippen LogP contribution in [-0.4, -0.2) is 19.9 Å². The van der Waals surface area contributed by atoms with Crippen molar-refractivity contribution in [3.8, 4) is 44.5 Å². The number of rotatable bonds is 4. The van der Waals surface area contributed by atoms with Gasteiger partial charge in [-0.3, -0.25) is 0 Å². The van der Waals surface area contributed by atoms with Crippen LogP contribution in [0.3, 0.4) is 0 Å². The van der Waals surface area contributed by atoms with E-state index < -0.39 is 0 Å². The maximum Gasteiger partial charge on any atom is 0.0737 e. The van der Waals surface area contributed by atoms with Gasteiger partial charge in [0, 0.05) is 64.4 Å². The number of fused-ring (bicyclic) bond motifs is 8. The number of hydrogen-bond donors (Lipinski definition) is 2. The molecule has 4 aromatic carbocycles. The van der Waals surface area contributed by atoms with Crippen molar-refractivity contribution in [2.75, 3.05) is 0 Å². The molecule has 274 valence electrons. The fourth-order valence-corrected chi connectivity index (χ4v) is 8.14. The molecule has 7 aromatic rings. The zero-order chi connectivity index (χ0) is 38.8. The molecule has 0 aliphatic carbocycles. The van der Waals surface area contributed by atoms with E-state index in [0.717, 1.165) is 112 Å². The van der Waals surface area contributed by atoms with Crippen LogP contribution in [0.15, 0.2) is 97.1 Å². The summed E-state index contributed by atoms with van der Waals surface area (Å²) in [6, 6.07) is 32.9. The Morgan fingerprint density at radius 3 is 0.786 bits per heavy atom. The molecule has 0 spiro atoms. The second-order valence-corrected chi connectivity index (χ2v) is 16.0. The van der Waals surface area contributed by atoms with E-state index in [0.29, 0.717) is 20.1 Å². The molecule has 8 heteroatoms. The van der Waals surface area contributed by atoms with E-state index in [9.17, 15) is 0 Å². The van der Waals surface area contributed by atoms with Gasteiger partial charge in [-0.05, 0) is 145 Å². The highest BCUT2D eigenvalue weighted by Crippen LogP contribution is 2.40. The van der Waals surface area contributed by atoms with Crippen molar-refractivity contribution in [1.29, 1.82) is 0 Å². The van der Waals surface area contributed by atoms with Crippen LogP contribution in [0, 0.1) is 27.7 Å². The number of aromatic nitrogens is 4. The third-order valence-corrected chi connectivity index (χ3v) is 12.2. The minimum Gasteiger partial charge on any atom is -0.354 e. The number of aryl methyl sites for hydroxylation is 4. The van der Waals surface area contributed by atoms with Gasteiger partial charge in [-0.25, -0.2) is 9.97 Å². The summed E-state index contributed by atoms with van der Waals surface area (Å²) in [5.74, 6) is 0. The lowest BCUT2D eigenvalue weighted by Crippen LogP contribution is -1.91. The Labute approximate surface area is 345 Å². The molecule has 0 saturated heterocycles. The molecule has 0 atom stereocenters. The zero-order valence-electron chi connectivity index (χ0n) is 31.0. The number of aromatic amines is 2. The number of H-pyrrole nitrogens is 2. The summed E-state index contributed by atoms with van der Waals surface area (Å²) in [6.45, 7) is 8.02. The van der Waals surface area contributed by atoms with Gasteiger partial charge in [0.1, 0.15) is 0 Å². The summed E-state index contributed by atoms with van der Waals surface area (Å²) in [4.78, 5) is 18.3. The first-order chi connectivity index (χ1) is 27.0. The lowest BCUT2D eigenvalue weighted by atomic mass is 10.0. The largest absolute Gasteiger partial charge is 0.354 e. The van der Waals surface area contributed by atoms with E-state index in [1.807, 2.05) is 76.2 Å². The van der Waals surface area contributed by atoms with Crippen LogP contribution in [0.1, 0.15) is 45.0 Å². The van der Waals surface area contributed by atoms with Crippen LogP contribution in [0.4, 0.5) is 0 Å². The van der Waals surface area contributed by atoms with Crippen molar-refractivity contribution < 1.29 is 0 Å². The molecule has 56 heavy (non-hydrogen) atoms. The zero-order valence-corrected chi connectivity index (χ0v) is 34.0. The molecule has 4 nitrogen and oxygen atoms in total. The van der Waals surface area contributed by atoms with Gasteiger partial charge in [-0.2, -0.15) is 0 Å². The van der Waals surface area contributed by atoms with Gasteiger partial charge in [0.15, 0.2) is 0 Å². The number of hydrogen-bond acceptors (Lipinski definition) is 2. The Balaban J connectivity index is 1.48. The number of halogens is 4. The summed E-state index contributed by atoms with van der Waals surface area (Å²) in [6.07, 6.45) is 8.27. The monoisotopic (exact) mass is 806 g/mol. The summed E-state index contributed by atoms with van der Waals surface area (Å²) >= 11 is 27.2. The average Bonchev–Trinajstić information content (AvgIpc) is 4.02. The van der Waals surface area contributed by atoms with Crippen LogP contribution >= 0.6 is 46.4 Å². The molecule has 0 saturated carbocycles. The number of nitrogens with one attached hydrogen (secondary N) is 2. The van der Waals surface area contributed by atoms with Crippen molar-refractivity contribution in [3.63, 3.8) is 0 Å². The normalized spacial score (nSPS) is 12.1. The third kappa shape index (κ3) is 6.47. The minimum atomic E-state index is 0.679. The molecular formula is C48H34Cl4N4. The molecule has 2 aliphatic rings. The maximum absolute atomic E-state index is 6.79. The summed E-state index contributed by atoms with van der Waals surface area (Å²) in [5, 5.41) is 2.72. The van der Waals surface area contributed by atoms with Crippen molar-refractivity contribution in [2.24, 2.45) is 0 Å². The fraction of sp³-hybridized carbons (Fsp3) is 0.0833. The van der Waals surface area contributed by atoms with E-state index in [1.54, 1.807) is 0 Å². The van der Waals surface area contributed by atoms with E-state index in [-0.39, 0.29) is 0 Å². The van der Waals surface area contributed by atoms with Gasteiger partial charge in [0.25, 0.3) is 0 Å². The van der Waals surface area contributed by atoms with Crippen LogP contribution in [0.25, 0.3) is 90.9 Å². The molecule has 0 unspecified atom stereocenters. The molecule has 0 amide bonds. The smallest absolute Gasteiger partial charge is 0.0737 e. The maximum atomic E-state index is 6.79. The van der Waals surface area contributed by atoms with Crippen molar-refractivity contribution in [1.82, 2.24) is 19.9 Å².